The van der Waals surface area contributed by atoms with Gasteiger partial charge in [0, 0.05) is 20.0 Å². The summed E-state index contributed by atoms with van der Waals surface area (Å²) in [5.41, 5.74) is 4.55. The second kappa shape index (κ2) is 8.49. The van der Waals surface area contributed by atoms with Crippen LogP contribution in [0.3, 0.4) is 0 Å². The van der Waals surface area contributed by atoms with Gasteiger partial charge in [0.1, 0.15) is 0 Å². The fourth-order valence-corrected chi connectivity index (χ4v) is 1.95. The number of aliphatic carboxylic acids is 1. The van der Waals surface area contributed by atoms with Crippen LogP contribution in [0.5, 0.6) is 0 Å². The summed E-state index contributed by atoms with van der Waals surface area (Å²) < 4.78 is 5.46. The van der Waals surface area contributed by atoms with Crippen molar-refractivity contribution in [2.75, 3.05) is 26.2 Å². The normalized spacial score (nSPS) is 16.6. The van der Waals surface area contributed by atoms with Crippen molar-refractivity contribution < 1.29 is 24.2 Å². The van der Waals surface area contributed by atoms with Gasteiger partial charge in [0.15, 0.2) is 0 Å². The second-order valence-corrected chi connectivity index (χ2v) is 4.72. The maximum absolute atomic E-state index is 11.5. The quantitative estimate of drug-likeness (QED) is 0.547. The molecule has 1 fully saturated rings. The lowest BCUT2D eigenvalue weighted by molar-refractivity contribution is -0.139. The number of likely N-dealkylation sites (tertiary alicyclic amines) is 1. The fraction of sp³-hybridized carbons (Fsp3) is 0.750. The number of carbonyl (C=O) groups excluding carboxylic acids is 2. The van der Waals surface area contributed by atoms with Gasteiger partial charge in [0.2, 0.25) is 5.91 Å². The summed E-state index contributed by atoms with van der Waals surface area (Å²) in [6.45, 7) is 3.20. The van der Waals surface area contributed by atoms with Gasteiger partial charge in [-0.1, -0.05) is 0 Å². The Morgan fingerprint density at radius 1 is 1.25 bits per heavy atom. The average Bonchev–Trinajstić information content (AvgIpc) is 2.38. The van der Waals surface area contributed by atoms with Crippen LogP contribution in [0.2, 0.25) is 0 Å². The lowest BCUT2D eigenvalue weighted by Gasteiger charge is -2.31. The van der Waals surface area contributed by atoms with Gasteiger partial charge < -0.3 is 9.84 Å². The van der Waals surface area contributed by atoms with Crippen LogP contribution in [0.4, 0.5) is 0 Å². The third kappa shape index (κ3) is 7.05. The van der Waals surface area contributed by atoms with E-state index in [0.717, 1.165) is 12.8 Å². The summed E-state index contributed by atoms with van der Waals surface area (Å²) in [7, 11) is 0. The van der Waals surface area contributed by atoms with E-state index in [9.17, 15) is 14.4 Å². The first-order chi connectivity index (χ1) is 9.47. The first-order valence-electron chi connectivity index (χ1n) is 6.58. The van der Waals surface area contributed by atoms with E-state index in [-0.39, 0.29) is 37.5 Å². The Kier molecular flexibility index (Phi) is 6.96. The Morgan fingerprint density at radius 2 is 1.90 bits per heavy atom. The minimum absolute atomic E-state index is 0.0132. The van der Waals surface area contributed by atoms with Crippen molar-refractivity contribution >= 4 is 17.8 Å². The van der Waals surface area contributed by atoms with E-state index in [4.69, 9.17) is 9.84 Å². The number of ether oxygens (including phenoxy) is 1. The molecule has 0 radical (unpaired) electrons. The number of carboxylic acid groups (broad SMARTS) is 1. The van der Waals surface area contributed by atoms with Gasteiger partial charge in [-0.05, 0) is 12.8 Å². The number of piperidine rings is 1. The van der Waals surface area contributed by atoms with E-state index in [1.54, 1.807) is 0 Å². The number of hydrazine groups is 1. The third-order valence-electron chi connectivity index (χ3n) is 2.95. The van der Waals surface area contributed by atoms with E-state index < -0.39 is 5.97 Å². The zero-order valence-corrected chi connectivity index (χ0v) is 11.6. The van der Waals surface area contributed by atoms with Gasteiger partial charge in [-0.25, -0.2) is 0 Å². The molecule has 20 heavy (non-hydrogen) atoms. The fourth-order valence-electron chi connectivity index (χ4n) is 1.95. The van der Waals surface area contributed by atoms with Crippen molar-refractivity contribution in [1.29, 1.82) is 0 Å². The number of hydrogen-bond acceptors (Lipinski definition) is 5. The molecule has 8 heteroatoms. The monoisotopic (exact) mass is 287 g/mol. The van der Waals surface area contributed by atoms with Crippen LogP contribution in [-0.2, 0) is 19.1 Å². The maximum Gasteiger partial charge on any atom is 0.305 e. The molecule has 0 aromatic heterocycles. The lowest BCUT2D eigenvalue weighted by Crippen LogP contribution is -2.48. The standard InChI is InChI=1S/C12H21N3O5/c1-9(16)13-14-11(17)8-15-5-2-10(3-6-15)20-7-4-12(18)19/h10H,2-8H2,1H3,(H,13,16)(H,14,17)(H,18,19). The minimum atomic E-state index is -0.864. The molecule has 1 rings (SSSR count). The summed E-state index contributed by atoms with van der Waals surface area (Å²) in [5, 5.41) is 8.51. The molecule has 3 N–H and O–H groups in total. The SMILES string of the molecule is CC(=O)NNC(=O)CN1CCC(OCCC(=O)O)CC1. The number of nitrogens with one attached hydrogen (secondary N) is 2. The molecule has 2 amide bonds. The number of nitrogens with zero attached hydrogens (tertiary/aromatic N) is 1. The number of carbonyl (C=O) groups is 3. The molecule has 0 saturated carbocycles. The topological polar surface area (TPSA) is 108 Å². The zero-order chi connectivity index (χ0) is 15.0. The average molecular weight is 287 g/mol. The molecule has 8 nitrogen and oxygen atoms in total. The molecule has 1 aliphatic heterocycles. The van der Waals surface area contributed by atoms with E-state index in [2.05, 4.69) is 10.9 Å². The molecule has 1 heterocycles. The molecule has 0 aromatic rings. The van der Waals surface area contributed by atoms with Crippen LogP contribution in [0.15, 0.2) is 0 Å². The van der Waals surface area contributed by atoms with E-state index >= 15 is 0 Å². The van der Waals surface area contributed by atoms with Gasteiger partial charge in [-0.15, -0.1) is 0 Å². The molecule has 1 saturated heterocycles. The number of rotatable bonds is 6. The minimum Gasteiger partial charge on any atom is -0.481 e. The predicted molar refractivity (Wildman–Crippen MR) is 69.6 cm³/mol. The van der Waals surface area contributed by atoms with Crippen molar-refractivity contribution in [3.05, 3.63) is 0 Å². The van der Waals surface area contributed by atoms with Crippen molar-refractivity contribution in [1.82, 2.24) is 15.8 Å². The van der Waals surface area contributed by atoms with Crippen molar-refractivity contribution in [3.63, 3.8) is 0 Å². The number of hydrogen-bond donors (Lipinski definition) is 3. The molecule has 0 spiro atoms. The zero-order valence-electron chi connectivity index (χ0n) is 11.6. The molecule has 0 unspecified atom stereocenters. The molecule has 1 aliphatic rings. The highest BCUT2D eigenvalue weighted by atomic mass is 16.5. The Bertz CT molecular complexity index is 353. The van der Waals surface area contributed by atoms with Crippen LogP contribution < -0.4 is 10.9 Å². The summed E-state index contributed by atoms with van der Waals surface area (Å²) >= 11 is 0. The van der Waals surface area contributed by atoms with E-state index in [1.807, 2.05) is 4.90 Å². The summed E-state index contributed by atoms with van der Waals surface area (Å²) in [6.07, 6.45) is 1.61. The number of carboxylic acids is 1. The number of amides is 2. The van der Waals surface area contributed by atoms with Crippen LogP contribution >= 0.6 is 0 Å². The van der Waals surface area contributed by atoms with E-state index in [1.165, 1.54) is 6.92 Å². The third-order valence-corrected chi connectivity index (χ3v) is 2.95. The molecule has 114 valence electrons. The van der Waals surface area contributed by atoms with Crippen molar-refractivity contribution in [2.24, 2.45) is 0 Å². The lowest BCUT2D eigenvalue weighted by atomic mass is 10.1. The van der Waals surface area contributed by atoms with Gasteiger partial charge in [0.25, 0.3) is 5.91 Å². The largest absolute Gasteiger partial charge is 0.481 e. The van der Waals surface area contributed by atoms with Gasteiger partial charge in [-0.3, -0.25) is 30.1 Å². The highest BCUT2D eigenvalue weighted by Crippen LogP contribution is 2.13. The Morgan fingerprint density at radius 3 is 2.45 bits per heavy atom. The molecular weight excluding hydrogens is 266 g/mol. The summed E-state index contributed by atoms with van der Waals surface area (Å²) in [4.78, 5) is 34.4. The Hall–Kier alpha value is -1.67. The van der Waals surface area contributed by atoms with Crippen LogP contribution in [0.25, 0.3) is 0 Å². The maximum atomic E-state index is 11.5. The van der Waals surface area contributed by atoms with Crippen molar-refractivity contribution in [2.45, 2.75) is 32.3 Å². The Balaban J connectivity index is 2.13. The highest BCUT2D eigenvalue weighted by molar-refractivity contribution is 5.81. The first-order valence-corrected chi connectivity index (χ1v) is 6.58. The first kappa shape index (κ1) is 16.4. The van der Waals surface area contributed by atoms with Crippen LogP contribution in [0.1, 0.15) is 26.2 Å². The summed E-state index contributed by atoms with van der Waals surface area (Å²) in [6, 6.07) is 0. The van der Waals surface area contributed by atoms with Gasteiger partial charge in [-0.2, -0.15) is 0 Å². The van der Waals surface area contributed by atoms with Gasteiger partial charge in [0.05, 0.1) is 25.7 Å². The van der Waals surface area contributed by atoms with Crippen LogP contribution in [-0.4, -0.2) is 60.1 Å². The summed E-state index contributed by atoms with van der Waals surface area (Å²) in [5.74, 6) is -1.44. The molecular formula is C12H21N3O5. The molecule has 0 aliphatic carbocycles. The van der Waals surface area contributed by atoms with E-state index in [0.29, 0.717) is 13.1 Å². The second-order valence-electron chi connectivity index (χ2n) is 4.72. The highest BCUT2D eigenvalue weighted by Gasteiger charge is 2.21. The van der Waals surface area contributed by atoms with Crippen LogP contribution in [0, 0.1) is 0 Å². The predicted octanol–water partition coefficient (Wildman–Crippen LogP) is -0.891. The molecule has 0 aromatic carbocycles. The smallest absolute Gasteiger partial charge is 0.305 e. The van der Waals surface area contributed by atoms with Gasteiger partial charge >= 0.3 is 5.97 Å². The van der Waals surface area contributed by atoms with Crippen molar-refractivity contribution in [3.8, 4) is 0 Å². The molecule has 0 atom stereocenters. The Labute approximate surface area is 117 Å². The molecule has 0 bridgehead atoms.